The number of halogens is 2. The minimum Gasteiger partial charge on any atom is -0.497 e. The number of aromatic nitrogens is 3. The van der Waals surface area contributed by atoms with Crippen molar-refractivity contribution in [2.24, 2.45) is 7.05 Å². The molecule has 1 fully saturated rings. The standard InChI is InChI=1S/C17H21F2N5O2/c1-24-16(21-14(23-24)11-7-9-20-10-8-11)22-15(25)17(18,19)12-3-5-13(26-2)6-4-12/h3-6,11,20H,7-10H2,1-2H3,(H,21,22,23,25). The van der Waals surface area contributed by atoms with E-state index in [0.29, 0.717) is 11.6 Å². The molecule has 7 nitrogen and oxygen atoms in total. The molecule has 26 heavy (non-hydrogen) atoms. The summed E-state index contributed by atoms with van der Waals surface area (Å²) in [5, 5.41) is 9.70. The Kier molecular flexibility index (Phi) is 5.17. The lowest BCUT2D eigenvalue weighted by molar-refractivity contribution is -0.141. The largest absolute Gasteiger partial charge is 0.497 e. The molecule has 2 N–H and O–H groups in total. The number of methoxy groups -OCH3 is 1. The van der Waals surface area contributed by atoms with Gasteiger partial charge < -0.3 is 10.1 Å². The molecule has 1 aromatic heterocycles. The Balaban J connectivity index is 1.74. The van der Waals surface area contributed by atoms with E-state index in [2.05, 4.69) is 20.7 Å². The van der Waals surface area contributed by atoms with Crippen LogP contribution in [0.15, 0.2) is 24.3 Å². The van der Waals surface area contributed by atoms with Crippen LogP contribution in [0.2, 0.25) is 0 Å². The molecule has 1 amide bonds. The maximum atomic E-state index is 14.4. The van der Waals surface area contributed by atoms with Crippen molar-refractivity contribution in [1.29, 1.82) is 0 Å². The molecule has 0 unspecified atom stereocenters. The fourth-order valence-electron chi connectivity index (χ4n) is 2.88. The van der Waals surface area contributed by atoms with Gasteiger partial charge >= 0.3 is 11.8 Å². The number of rotatable bonds is 5. The number of alkyl halides is 2. The molecule has 0 aliphatic carbocycles. The molecular formula is C17H21F2N5O2. The molecule has 1 aliphatic rings. The molecule has 1 saturated heterocycles. The van der Waals surface area contributed by atoms with Crippen LogP contribution in [0.3, 0.4) is 0 Å². The first-order valence-electron chi connectivity index (χ1n) is 8.37. The molecule has 3 rings (SSSR count). The van der Waals surface area contributed by atoms with E-state index in [0.717, 1.165) is 38.1 Å². The van der Waals surface area contributed by atoms with Gasteiger partial charge in [-0.15, -0.1) is 0 Å². The smallest absolute Gasteiger partial charge is 0.350 e. The summed E-state index contributed by atoms with van der Waals surface area (Å²) < 4.78 is 35.2. The Labute approximate surface area is 149 Å². The SMILES string of the molecule is COc1ccc(C(F)(F)C(=O)Nc2nc(C3CCNCC3)nn2C)cc1. The number of nitrogens with zero attached hydrogens (tertiary/aromatic N) is 3. The van der Waals surface area contributed by atoms with Gasteiger partial charge in [-0.25, -0.2) is 4.68 Å². The summed E-state index contributed by atoms with van der Waals surface area (Å²) in [5.74, 6) is -3.98. The second-order valence-electron chi connectivity index (χ2n) is 6.20. The summed E-state index contributed by atoms with van der Waals surface area (Å²) in [4.78, 5) is 16.4. The van der Waals surface area contributed by atoms with Crippen LogP contribution in [0.25, 0.3) is 0 Å². The normalized spacial score (nSPS) is 15.7. The second kappa shape index (κ2) is 7.36. The van der Waals surface area contributed by atoms with Gasteiger partial charge in [0.1, 0.15) is 5.75 Å². The lowest BCUT2D eigenvalue weighted by Gasteiger charge is -2.19. The molecule has 1 aliphatic heterocycles. The van der Waals surface area contributed by atoms with Gasteiger partial charge in [0, 0.05) is 18.5 Å². The number of piperidine rings is 1. The highest BCUT2D eigenvalue weighted by molar-refractivity contribution is 5.95. The zero-order valence-corrected chi connectivity index (χ0v) is 14.6. The highest BCUT2D eigenvalue weighted by Crippen LogP contribution is 2.31. The minimum absolute atomic E-state index is 0.0109. The first-order valence-corrected chi connectivity index (χ1v) is 8.37. The van der Waals surface area contributed by atoms with E-state index < -0.39 is 17.4 Å². The van der Waals surface area contributed by atoms with Crippen LogP contribution in [0.5, 0.6) is 5.75 Å². The van der Waals surface area contributed by atoms with Crippen molar-refractivity contribution in [3.63, 3.8) is 0 Å². The summed E-state index contributed by atoms with van der Waals surface area (Å²) >= 11 is 0. The zero-order chi connectivity index (χ0) is 18.7. The first kappa shape index (κ1) is 18.2. The van der Waals surface area contributed by atoms with Gasteiger partial charge in [0.15, 0.2) is 5.82 Å². The van der Waals surface area contributed by atoms with Crippen LogP contribution >= 0.6 is 0 Å². The third kappa shape index (κ3) is 3.67. The summed E-state index contributed by atoms with van der Waals surface area (Å²) in [6.07, 6.45) is 1.75. The number of nitrogens with one attached hydrogen (secondary N) is 2. The Morgan fingerprint density at radius 2 is 1.96 bits per heavy atom. The molecule has 2 heterocycles. The van der Waals surface area contributed by atoms with E-state index in [1.54, 1.807) is 7.05 Å². The monoisotopic (exact) mass is 365 g/mol. The third-order valence-electron chi connectivity index (χ3n) is 4.45. The summed E-state index contributed by atoms with van der Waals surface area (Å²) in [6.45, 7) is 1.72. The topological polar surface area (TPSA) is 81.1 Å². The van der Waals surface area contributed by atoms with Crippen LogP contribution in [0.4, 0.5) is 14.7 Å². The molecule has 0 atom stereocenters. The van der Waals surface area contributed by atoms with E-state index in [9.17, 15) is 13.6 Å². The first-order chi connectivity index (χ1) is 12.4. The summed E-state index contributed by atoms with van der Waals surface area (Å²) in [7, 11) is 3.01. The Hall–Kier alpha value is -2.55. The Morgan fingerprint density at radius 1 is 1.31 bits per heavy atom. The fraction of sp³-hybridized carbons (Fsp3) is 0.471. The highest BCUT2D eigenvalue weighted by atomic mass is 19.3. The molecule has 9 heteroatoms. The maximum Gasteiger partial charge on any atom is 0.350 e. The van der Waals surface area contributed by atoms with Crippen LogP contribution in [0, 0.1) is 0 Å². The molecule has 140 valence electrons. The van der Waals surface area contributed by atoms with Gasteiger partial charge in [0.25, 0.3) is 0 Å². The number of benzene rings is 1. The van der Waals surface area contributed by atoms with Crippen molar-refractivity contribution in [2.75, 3.05) is 25.5 Å². The molecule has 0 saturated carbocycles. The van der Waals surface area contributed by atoms with E-state index in [4.69, 9.17) is 4.74 Å². The fourth-order valence-corrected chi connectivity index (χ4v) is 2.88. The van der Waals surface area contributed by atoms with Crippen molar-refractivity contribution in [2.45, 2.75) is 24.7 Å². The molecule has 0 bridgehead atoms. The highest BCUT2D eigenvalue weighted by Gasteiger charge is 2.41. The number of hydrogen-bond acceptors (Lipinski definition) is 5. The quantitative estimate of drug-likeness (QED) is 0.847. The van der Waals surface area contributed by atoms with Crippen LogP contribution in [0.1, 0.15) is 30.1 Å². The summed E-state index contributed by atoms with van der Waals surface area (Å²) in [6, 6.07) is 5.09. The van der Waals surface area contributed by atoms with Gasteiger partial charge in [0.2, 0.25) is 5.95 Å². The molecular weight excluding hydrogens is 344 g/mol. The third-order valence-corrected chi connectivity index (χ3v) is 4.45. The van der Waals surface area contributed by atoms with Crippen molar-refractivity contribution in [1.82, 2.24) is 20.1 Å². The number of amides is 1. The molecule has 1 aromatic carbocycles. The van der Waals surface area contributed by atoms with Crippen molar-refractivity contribution >= 4 is 11.9 Å². The lowest BCUT2D eigenvalue weighted by Crippen LogP contribution is -2.33. The summed E-state index contributed by atoms with van der Waals surface area (Å²) in [5.41, 5.74) is -0.420. The van der Waals surface area contributed by atoms with E-state index in [1.807, 2.05) is 0 Å². The maximum absolute atomic E-state index is 14.4. The zero-order valence-electron chi connectivity index (χ0n) is 14.6. The van der Waals surface area contributed by atoms with Gasteiger partial charge in [-0.05, 0) is 50.2 Å². The number of carbonyl (C=O) groups excluding carboxylic acids is 1. The number of ether oxygens (including phenoxy) is 1. The van der Waals surface area contributed by atoms with Crippen LogP contribution < -0.4 is 15.4 Å². The molecule has 2 aromatic rings. The number of aryl methyl sites for hydroxylation is 1. The van der Waals surface area contributed by atoms with Gasteiger partial charge in [-0.1, -0.05) is 0 Å². The van der Waals surface area contributed by atoms with E-state index in [1.165, 1.54) is 23.9 Å². The van der Waals surface area contributed by atoms with Crippen molar-refractivity contribution in [3.8, 4) is 5.75 Å². The van der Waals surface area contributed by atoms with E-state index >= 15 is 0 Å². The lowest BCUT2D eigenvalue weighted by atomic mass is 9.98. The van der Waals surface area contributed by atoms with Crippen molar-refractivity contribution in [3.05, 3.63) is 35.7 Å². The average molecular weight is 365 g/mol. The predicted molar refractivity (Wildman–Crippen MR) is 91.4 cm³/mol. The average Bonchev–Trinajstić information content (AvgIpc) is 3.03. The number of anilines is 1. The van der Waals surface area contributed by atoms with Gasteiger partial charge in [-0.3, -0.25) is 10.1 Å². The minimum atomic E-state index is -3.70. The Morgan fingerprint density at radius 3 is 2.58 bits per heavy atom. The van der Waals surface area contributed by atoms with Crippen LogP contribution in [-0.2, 0) is 17.8 Å². The van der Waals surface area contributed by atoms with Gasteiger partial charge in [0.05, 0.1) is 7.11 Å². The Bertz CT molecular complexity index is 770. The van der Waals surface area contributed by atoms with E-state index in [-0.39, 0.29) is 11.9 Å². The number of hydrogen-bond donors (Lipinski definition) is 2. The molecule has 0 spiro atoms. The second-order valence-corrected chi connectivity index (χ2v) is 6.20. The van der Waals surface area contributed by atoms with Gasteiger partial charge in [-0.2, -0.15) is 18.9 Å². The van der Waals surface area contributed by atoms with Crippen LogP contribution in [-0.4, -0.2) is 40.9 Å². The predicted octanol–water partition coefficient (Wildman–Crippen LogP) is 2.02. The molecule has 0 radical (unpaired) electrons. The number of carbonyl (C=O) groups is 1. The van der Waals surface area contributed by atoms with Crippen molar-refractivity contribution < 1.29 is 18.3 Å².